The first-order valence-electron chi connectivity index (χ1n) is 5.51. The van der Waals surface area contributed by atoms with Crippen molar-refractivity contribution in [1.82, 2.24) is 0 Å². The van der Waals surface area contributed by atoms with Gasteiger partial charge in [0.1, 0.15) is 23.4 Å². The van der Waals surface area contributed by atoms with Crippen molar-refractivity contribution < 1.29 is 14.3 Å². The third kappa shape index (κ3) is 2.27. The molecule has 1 amide bonds. The summed E-state index contributed by atoms with van der Waals surface area (Å²) in [6.45, 7) is 2.58. The van der Waals surface area contributed by atoms with Gasteiger partial charge in [-0.2, -0.15) is 4.99 Å². The molecule has 5 heteroatoms. The maximum absolute atomic E-state index is 11.7. The van der Waals surface area contributed by atoms with Crippen LogP contribution >= 0.6 is 0 Å². The van der Waals surface area contributed by atoms with Crippen LogP contribution in [-0.2, 0) is 14.3 Å². The lowest BCUT2D eigenvalue weighted by Gasteiger charge is -2.21. The molecule has 1 heterocycles. The van der Waals surface area contributed by atoms with E-state index in [1.165, 1.54) is 6.34 Å². The van der Waals surface area contributed by atoms with Crippen molar-refractivity contribution in [3.8, 4) is 0 Å². The predicted octanol–water partition coefficient (Wildman–Crippen LogP) is 1.61. The number of amides is 1. The number of nitrogens with zero attached hydrogens (tertiary/aromatic N) is 2. The summed E-state index contributed by atoms with van der Waals surface area (Å²) in [7, 11) is 1.59. The van der Waals surface area contributed by atoms with Crippen molar-refractivity contribution in [3.05, 3.63) is 23.2 Å². The largest absolute Gasteiger partial charge is 0.501 e. The number of ether oxygens (including phenoxy) is 2. The van der Waals surface area contributed by atoms with E-state index >= 15 is 0 Å². The highest BCUT2D eigenvalue weighted by atomic mass is 16.5. The van der Waals surface area contributed by atoms with Gasteiger partial charge in [0, 0.05) is 6.08 Å². The molecule has 0 spiro atoms. The van der Waals surface area contributed by atoms with Crippen molar-refractivity contribution >= 4 is 18.0 Å². The summed E-state index contributed by atoms with van der Waals surface area (Å²) in [5, 5.41) is 0. The molecule has 0 fully saturated rings. The summed E-state index contributed by atoms with van der Waals surface area (Å²) in [5.41, 5.74) is 1.03. The van der Waals surface area contributed by atoms with Gasteiger partial charge in [-0.15, -0.1) is 0 Å². The summed E-state index contributed by atoms with van der Waals surface area (Å²) < 4.78 is 10.8. The van der Waals surface area contributed by atoms with E-state index in [-0.39, 0.29) is 5.91 Å². The number of carbonyl (C=O) groups excluding carboxylic acids is 1. The molecule has 0 saturated carbocycles. The van der Waals surface area contributed by atoms with Crippen LogP contribution < -0.4 is 0 Å². The first-order chi connectivity index (χ1) is 8.26. The molecule has 2 aliphatic rings. The number of allylic oxidation sites excluding steroid dienone is 1. The lowest BCUT2D eigenvalue weighted by atomic mass is 9.99. The van der Waals surface area contributed by atoms with E-state index in [4.69, 9.17) is 9.47 Å². The normalized spacial score (nSPS) is 18.6. The van der Waals surface area contributed by atoms with E-state index in [2.05, 4.69) is 9.98 Å². The Morgan fingerprint density at radius 2 is 2.29 bits per heavy atom. The quantitative estimate of drug-likeness (QED) is 0.742. The van der Waals surface area contributed by atoms with E-state index in [9.17, 15) is 4.79 Å². The molecular formula is C12H14N2O3. The van der Waals surface area contributed by atoms with Crippen LogP contribution in [-0.4, -0.2) is 31.7 Å². The zero-order valence-corrected chi connectivity index (χ0v) is 9.90. The second-order valence-electron chi connectivity index (χ2n) is 3.70. The molecule has 0 aromatic rings. The van der Waals surface area contributed by atoms with Crippen LogP contribution in [0.25, 0.3) is 0 Å². The van der Waals surface area contributed by atoms with Crippen LogP contribution in [0.4, 0.5) is 0 Å². The van der Waals surface area contributed by atoms with E-state index in [1.54, 1.807) is 13.2 Å². The molecule has 90 valence electrons. The van der Waals surface area contributed by atoms with Crippen LogP contribution in [0.1, 0.15) is 19.8 Å². The molecule has 1 aliphatic heterocycles. The van der Waals surface area contributed by atoms with Crippen molar-refractivity contribution in [2.75, 3.05) is 13.7 Å². The SMILES string of the molecule is CCCOC1=C2C(=O)N=CN=C2C=C(OC)C1. The van der Waals surface area contributed by atoms with Crippen LogP contribution in [0.3, 0.4) is 0 Å². The topological polar surface area (TPSA) is 60.2 Å². The van der Waals surface area contributed by atoms with Gasteiger partial charge in [-0.25, -0.2) is 4.99 Å². The lowest BCUT2D eigenvalue weighted by molar-refractivity contribution is -0.114. The van der Waals surface area contributed by atoms with Gasteiger partial charge in [-0.1, -0.05) is 6.92 Å². The summed E-state index contributed by atoms with van der Waals surface area (Å²) in [6, 6.07) is 0. The van der Waals surface area contributed by atoms with Crippen LogP contribution in [0.5, 0.6) is 0 Å². The van der Waals surface area contributed by atoms with E-state index in [1.807, 2.05) is 6.92 Å². The fraction of sp³-hybridized carbons (Fsp3) is 0.417. The van der Waals surface area contributed by atoms with Gasteiger partial charge < -0.3 is 9.47 Å². The smallest absolute Gasteiger partial charge is 0.284 e. The van der Waals surface area contributed by atoms with Gasteiger partial charge in [0.05, 0.1) is 25.8 Å². The minimum absolute atomic E-state index is 0.299. The minimum atomic E-state index is -0.299. The van der Waals surface area contributed by atoms with Crippen LogP contribution in [0.15, 0.2) is 33.2 Å². The third-order valence-electron chi connectivity index (χ3n) is 2.50. The first kappa shape index (κ1) is 11.6. The molecule has 1 aliphatic carbocycles. The highest BCUT2D eigenvalue weighted by molar-refractivity contribution is 6.31. The molecule has 0 radical (unpaired) electrons. The van der Waals surface area contributed by atoms with Gasteiger partial charge in [0.25, 0.3) is 5.91 Å². The average Bonchev–Trinajstić information content (AvgIpc) is 2.35. The number of fused-ring (bicyclic) bond motifs is 1. The molecule has 0 aromatic heterocycles. The van der Waals surface area contributed by atoms with Crippen LogP contribution in [0, 0.1) is 0 Å². The highest BCUT2D eigenvalue weighted by Gasteiger charge is 2.28. The molecule has 0 saturated heterocycles. The zero-order chi connectivity index (χ0) is 12.3. The van der Waals surface area contributed by atoms with E-state index in [0.29, 0.717) is 30.1 Å². The molecule has 0 aromatic carbocycles. The Balaban J connectivity index is 2.35. The Bertz CT molecular complexity index is 458. The number of hydrogen-bond donors (Lipinski definition) is 0. The molecule has 0 N–H and O–H groups in total. The Kier molecular flexibility index (Phi) is 3.37. The maximum Gasteiger partial charge on any atom is 0.284 e. The number of aliphatic imine (C=N–C) groups is 2. The summed E-state index contributed by atoms with van der Waals surface area (Å²) in [6.07, 6.45) is 4.36. The molecule has 0 atom stereocenters. The summed E-state index contributed by atoms with van der Waals surface area (Å²) in [5.74, 6) is 1.04. The van der Waals surface area contributed by atoms with Gasteiger partial charge >= 0.3 is 0 Å². The van der Waals surface area contributed by atoms with E-state index in [0.717, 1.165) is 12.2 Å². The molecule has 17 heavy (non-hydrogen) atoms. The monoisotopic (exact) mass is 234 g/mol. The van der Waals surface area contributed by atoms with Gasteiger partial charge in [0.2, 0.25) is 0 Å². The van der Waals surface area contributed by atoms with Crippen LogP contribution in [0.2, 0.25) is 0 Å². The molecule has 0 bridgehead atoms. The predicted molar refractivity (Wildman–Crippen MR) is 63.9 cm³/mol. The van der Waals surface area contributed by atoms with Crippen molar-refractivity contribution in [1.29, 1.82) is 0 Å². The van der Waals surface area contributed by atoms with E-state index < -0.39 is 0 Å². The minimum Gasteiger partial charge on any atom is -0.501 e. The first-order valence-corrected chi connectivity index (χ1v) is 5.51. The highest BCUT2D eigenvalue weighted by Crippen LogP contribution is 2.26. The van der Waals surface area contributed by atoms with Crippen molar-refractivity contribution in [3.63, 3.8) is 0 Å². The second-order valence-corrected chi connectivity index (χ2v) is 3.70. The molecular weight excluding hydrogens is 220 g/mol. The Morgan fingerprint density at radius 1 is 1.47 bits per heavy atom. The Morgan fingerprint density at radius 3 is 3.00 bits per heavy atom. The van der Waals surface area contributed by atoms with Crippen molar-refractivity contribution in [2.45, 2.75) is 19.8 Å². The average molecular weight is 234 g/mol. The standard InChI is InChI=1S/C12H14N2O3/c1-3-4-17-10-6-8(16-2)5-9-11(10)12(15)14-7-13-9/h5,7H,3-4,6H2,1-2H3. The molecule has 2 rings (SSSR count). The lowest BCUT2D eigenvalue weighted by Crippen LogP contribution is -2.22. The summed E-state index contributed by atoms with van der Waals surface area (Å²) in [4.78, 5) is 19.4. The molecule has 0 unspecified atom stereocenters. The molecule has 5 nitrogen and oxygen atoms in total. The zero-order valence-electron chi connectivity index (χ0n) is 9.90. The van der Waals surface area contributed by atoms with Gasteiger partial charge in [-0.05, 0) is 6.42 Å². The fourth-order valence-electron chi connectivity index (χ4n) is 1.68. The maximum atomic E-state index is 11.7. The fourth-order valence-corrected chi connectivity index (χ4v) is 1.68. The number of hydrogen-bond acceptors (Lipinski definition) is 4. The second kappa shape index (κ2) is 4.95. The Labute approximate surface area is 99.5 Å². The van der Waals surface area contributed by atoms with Gasteiger partial charge in [0.15, 0.2) is 0 Å². The summed E-state index contributed by atoms with van der Waals surface area (Å²) >= 11 is 0. The third-order valence-corrected chi connectivity index (χ3v) is 2.50. The Hall–Kier alpha value is -1.91. The van der Waals surface area contributed by atoms with Gasteiger partial charge in [-0.3, -0.25) is 4.79 Å². The van der Waals surface area contributed by atoms with Crippen molar-refractivity contribution in [2.24, 2.45) is 9.98 Å². The number of carbonyl (C=O) groups is 1. The number of rotatable bonds is 4. The number of methoxy groups -OCH3 is 1.